The minimum absolute atomic E-state index is 0.529. The fourth-order valence-corrected chi connectivity index (χ4v) is 2.07. The second-order valence-electron chi connectivity index (χ2n) is 3.81. The molecule has 15 heavy (non-hydrogen) atoms. The third-order valence-electron chi connectivity index (χ3n) is 2.86. The van der Waals surface area contributed by atoms with Crippen LogP contribution < -0.4 is 16.6 Å². The Morgan fingerprint density at radius 2 is 2.13 bits per heavy atom. The van der Waals surface area contributed by atoms with E-state index in [-0.39, 0.29) is 0 Å². The molecule has 6 nitrogen and oxygen atoms in total. The van der Waals surface area contributed by atoms with Gasteiger partial charge in [0.25, 0.3) is 0 Å². The Labute approximate surface area is 88.1 Å². The van der Waals surface area contributed by atoms with Crippen molar-refractivity contribution >= 4 is 6.34 Å². The van der Waals surface area contributed by atoms with Gasteiger partial charge >= 0.3 is 0 Å². The number of hydrazine groups is 2. The Bertz CT molecular complexity index is 363. The molecule has 0 aromatic rings. The monoisotopic (exact) mass is 206 g/mol. The first kappa shape index (κ1) is 8.60. The van der Waals surface area contributed by atoms with Gasteiger partial charge in [0.05, 0.1) is 0 Å². The maximum absolute atomic E-state index is 5.77. The smallest absolute Gasteiger partial charge is 0.152 e. The van der Waals surface area contributed by atoms with Crippen LogP contribution in [0.3, 0.4) is 0 Å². The van der Waals surface area contributed by atoms with Gasteiger partial charge in [-0.3, -0.25) is 10.4 Å². The van der Waals surface area contributed by atoms with Gasteiger partial charge in [0.1, 0.15) is 17.7 Å². The molecule has 1 saturated heterocycles. The molecule has 3 rings (SSSR count). The van der Waals surface area contributed by atoms with Gasteiger partial charge in [-0.25, -0.2) is 10.0 Å². The number of nitrogens with zero attached hydrogens (tertiary/aromatic N) is 3. The van der Waals surface area contributed by atoms with Gasteiger partial charge in [0.15, 0.2) is 5.82 Å². The molecule has 80 valence electrons. The summed E-state index contributed by atoms with van der Waals surface area (Å²) >= 11 is 0. The van der Waals surface area contributed by atoms with Crippen molar-refractivity contribution in [1.29, 1.82) is 0 Å². The highest BCUT2D eigenvalue weighted by atomic mass is 15.7. The van der Waals surface area contributed by atoms with E-state index in [1.807, 2.05) is 6.20 Å². The molecular weight excluding hydrogens is 192 g/mol. The van der Waals surface area contributed by atoms with Crippen LogP contribution in [-0.4, -0.2) is 29.4 Å². The van der Waals surface area contributed by atoms with E-state index in [1.165, 1.54) is 12.8 Å². The first-order chi connectivity index (χ1) is 7.36. The first-order valence-electron chi connectivity index (χ1n) is 5.16. The van der Waals surface area contributed by atoms with Crippen molar-refractivity contribution in [3.05, 3.63) is 23.4 Å². The summed E-state index contributed by atoms with van der Waals surface area (Å²) in [6, 6.07) is 0. The van der Waals surface area contributed by atoms with Crippen LogP contribution in [0.1, 0.15) is 12.8 Å². The number of fused-ring (bicyclic) bond motifs is 1. The fourth-order valence-electron chi connectivity index (χ4n) is 2.07. The molecule has 1 fully saturated rings. The van der Waals surface area contributed by atoms with E-state index in [0.717, 1.165) is 24.5 Å². The SMILES string of the molecule is NC1=C2NNC=C2N(N2CCCC2)C=N1. The summed E-state index contributed by atoms with van der Waals surface area (Å²) in [5.74, 6) is 0.529. The second-order valence-corrected chi connectivity index (χ2v) is 3.81. The van der Waals surface area contributed by atoms with Crippen molar-refractivity contribution in [3.8, 4) is 0 Å². The summed E-state index contributed by atoms with van der Waals surface area (Å²) in [6.45, 7) is 2.16. The quantitative estimate of drug-likeness (QED) is 0.535. The van der Waals surface area contributed by atoms with Crippen molar-refractivity contribution in [2.24, 2.45) is 10.7 Å². The van der Waals surface area contributed by atoms with E-state index in [1.54, 1.807) is 6.34 Å². The minimum atomic E-state index is 0.529. The minimum Gasteiger partial charge on any atom is -0.382 e. The molecule has 3 aliphatic heterocycles. The standard InChI is InChI=1S/C9H14N6/c10-9-8-7(5-12-13-8)15(6-11-9)14-3-1-2-4-14/h5-6,12-13H,1-4,10H2. The molecule has 0 bridgehead atoms. The summed E-state index contributed by atoms with van der Waals surface area (Å²) < 4.78 is 0. The Morgan fingerprint density at radius 1 is 1.33 bits per heavy atom. The van der Waals surface area contributed by atoms with Crippen LogP contribution in [0.4, 0.5) is 0 Å². The lowest BCUT2D eigenvalue weighted by Gasteiger charge is -2.32. The average Bonchev–Trinajstić information content (AvgIpc) is 2.88. The molecule has 0 unspecified atom stereocenters. The molecule has 0 amide bonds. The predicted octanol–water partition coefficient (Wildman–Crippen LogP) is -0.582. The summed E-state index contributed by atoms with van der Waals surface area (Å²) in [4.78, 5) is 4.17. The summed E-state index contributed by atoms with van der Waals surface area (Å²) in [6.07, 6.45) is 6.18. The molecule has 3 heterocycles. The topological polar surface area (TPSA) is 68.9 Å². The zero-order chi connectivity index (χ0) is 10.3. The second kappa shape index (κ2) is 3.16. The normalized spacial score (nSPS) is 25.1. The van der Waals surface area contributed by atoms with Gasteiger partial charge in [0.2, 0.25) is 0 Å². The number of hydrogen-bond donors (Lipinski definition) is 3. The molecular formula is C9H14N6. The van der Waals surface area contributed by atoms with Crippen molar-refractivity contribution in [3.63, 3.8) is 0 Å². The van der Waals surface area contributed by atoms with Crippen molar-refractivity contribution < 1.29 is 0 Å². The predicted molar refractivity (Wildman–Crippen MR) is 56.7 cm³/mol. The Morgan fingerprint density at radius 3 is 2.93 bits per heavy atom. The van der Waals surface area contributed by atoms with Crippen LogP contribution in [-0.2, 0) is 0 Å². The highest BCUT2D eigenvalue weighted by molar-refractivity contribution is 5.65. The zero-order valence-electron chi connectivity index (χ0n) is 8.40. The van der Waals surface area contributed by atoms with Crippen LogP contribution in [0.15, 0.2) is 28.4 Å². The Hall–Kier alpha value is -1.69. The molecule has 4 N–H and O–H groups in total. The Kier molecular flexibility index (Phi) is 1.81. The third-order valence-corrected chi connectivity index (χ3v) is 2.86. The summed E-state index contributed by atoms with van der Waals surface area (Å²) in [5.41, 5.74) is 13.6. The molecule has 3 aliphatic rings. The van der Waals surface area contributed by atoms with E-state index in [2.05, 4.69) is 25.9 Å². The third kappa shape index (κ3) is 1.25. The van der Waals surface area contributed by atoms with E-state index < -0.39 is 0 Å². The van der Waals surface area contributed by atoms with Crippen LogP contribution >= 0.6 is 0 Å². The number of aliphatic imine (C=N–C) groups is 1. The van der Waals surface area contributed by atoms with Gasteiger partial charge in [-0.1, -0.05) is 0 Å². The van der Waals surface area contributed by atoms with Crippen molar-refractivity contribution in [2.45, 2.75) is 12.8 Å². The molecule has 0 aromatic carbocycles. The molecule has 6 heteroatoms. The molecule has 0 spiro atoms. The highest BCUT2D eigenvalue weighted by Gasteiger charge is 2.28. The summed E-state index contributed by atoms with van der Waals surface area (Å²) in [5, 5.41) is 4.34. The van der Waals surface area contributed by atoms with Crippen LogP contribution in [0.5, 0.6) is 0 Å². The maximum Gasteiger partial charge on any atom is 0.152 e. The maximum atomic E-state index is 5.77. The van der Waals surface area contributed by atoms with Gasteiger partial charge in [-0.15, -0.1) is 0 Å². The van der Waals surface area contributed by atoms with E-state index in [4.69, 9.17) is 5.73 Å². The number of nitrogens with two attached hydrogens (primary N) is 1. The molecule has 0 atom stereocenters. The number of nitrogens with one attached hydrogen (secondary N) is 2. The van der Waals surface area contributed by atoms with E-state index in [0.29, 0.717) is 5.82 Å². The molecule has 0 aliphatic carbocycles. The lowest BCUT2D eigenvalue weighted by Crippen LogP contribution is -2.41. The van der Waals surface area contributed by atoms with Crippen LogP contribution in [0, 0.1) is 0 Å². The Balaban J connectivity index is 1.90. The van der Waals surface area contributed by atoms with Crippen molar-refractivity contribution in [2.75, 3.05) is 13.1 Å². The molecule has 0 saturated carbocycles. The lowest BCUT2D eigenvalue weighted by molar-refractivity contribution is 0.118. The first-order valence-corrected chi connectivity index (χ1v) is 5.16. The summed E-state index contributed by atoms with van der Waals surface area (Å²) in [7, 11) is 0. The number of hydrogen-bond acceptors (Lipinski definition) is 6. The van der Waals surface area contributed by atoms with Crippen molar-refractivity contribution in [1.82, 2.24) is 20.9 Å². The molecule has 0 aromatic heterocycles. The van der Waals surface area contributed by atoms with Crippen LogP contribution in [0.25, 0.3) is 0 Å². The van der Waals surface area contributed by atoms with Crippen LogP contribution in [0.2, 0.25) is 0 Å². The van der Waals surface area contributed by atoms with Gasteiger partial charge in [-0.2, -0.15) is 0 Å². The van der Waals surface area contributed by atoms with Gasteiger partial charge in [-0.05, 0) is 12.8 Å². The van der Waals surface area contributed by atoms with E-state index in [9.17, 15) is 0 Å². The fraction of sp³-hybridized carbons (Fsp3) is 0.444. The van der Waals surface area contributed by atoms with Gasteiger partial charge < -0.3 is 11.2 Å². The number of rotatable bonds is 1. The average molecular weight is 206 g/mol. The van der Waals surface area contributed by atoms with E-state index >= 15 is 0 Å². The zero-order valence-corrected chi connectivity index (χ0v) is 8.40. The highest BCUT2D eigenvalue weighted by Crippen LogP contribution is 2.24. The largest absolute Gasteiger partial charge is 0.382 e. The lowest BCUT2D eigenvalue weighted by atomic mass is 10.3. The molecule has 0 radical (unpaired) electrons. The van der Waals surface area contributed by atoms with Gasteiger partial charge in [0, 0.05) is 19.3 Å².